The molecule has 0 N–H and O–H groups in total. The van der Waals surface area contributed by atoms with Crippen LogP contribution in [-0.4, -0.2) is 31.9 Å². The molecule has 6 nitrogen and oxygen atoms in total. The number of aromatic nitrogens is 3. The maximum Gasteiger partial charge on any atom is 0.220 e. The van der Waals surface area contributed by atoms with Crippen LogP contribution in [0.15, 0.2) is 30.6 Å². The first-order valence-electron chi connectivity index (χ1n) is 7.46. The molecule has 6 heteroatoms. The highest BCUT2D eigenvalue weighted by atomic mass is 16.5. The smallest absolute Gasteiger partial charge is 0.220 e. The fraction of sp³-hybridized carbons (Fsp3) is 0.438. The molecule has 0 radical (unpaired) electrons. The van der Waals surface area contributed by atoms with Crippen LogP contribution in [0, 0.1) is 0 Å². The zero-order chi connectivity index (χ0) is 15.5. The molecule has 0 saturated carbocycles. The fourth-order valence-corrected chi connectivity index (χ4v) is 2.85. The van der Waals surface area contributed by atoms with Gasteiger partial charge in [-0.3, -0.25) is 9.78 Å². The summed E-state index contributed by atoms with van der Waals surface area (Å²) in [5.74, 6) is 1.02. The van der Waals surface area contributed by atoms with E-state index in [-0.39, 0.29) is 11.9 Å². The maximum absolute atomic E-state index is 11.6. The highest BCUT2D eigenvalue weighted by Crippen LogP contribution is 2.25. The van der Waals surface area contributed by atoms with Gasteiger partial charge in [0.15, 0.2) is 0 Å². The molecule has 1 aliphatic heterocycles. The van der Waals surface area contributed by atoms with Gasteiger partial charge < -0.3 is 14.2 Å². The molecule has 1 unspecified atom stereocenters. The van der Waals surface area contributed by atoms with Crippen LogP contribution in [0.3, 0.4) is 0 Å². The molecule has 3 rings (SSSR count). The molecule has 3 heterocycles. The van der Waals surface area contributed by atoms with Crippen LogP contribution < -0.4 is 0 Å². The summed E-state index contributed by atoms with van der Waals surface area (Å²) in [6, 6.07) is 5.79. The van der Waals surface area contributed by atoms with E-state index in [1.54, 1.807) is 13.1 Å². The number of fused-ring (bicyclic) bond motifs is 1. The topological polar surface area (TPSA) is 60.2 Å². The van der Waals surface area contributed by atoms with Gasteiger partial charge in [0.2, 0.25) is 5.91 Å². The number of hydrogen-bond donors (Lipinski definition) is 0. The number of pyridine rings is 1. The van der Waals surface area contributed by atoms with Crippen molar-refractivity contribution in [1.29, 1.82) is 0 Å². The third-order valence-corrected chi connectivity index (χ3v) is 4.01. The molecular weight excluding hydrogens is 280 g/mol. The summed E-state index contributed by atoms with van der Waals surface area (Å²) in [5, 5.41) is 0. The molecule has 0 fully saturated rings. The number of amides is 1. The lowest BCUT2D eigenvalue weighted by Crippen LogP contribution is -2.40. The van der Waals surface area contributed by atoms with Crippen LogP contribution in [0.4, 0.5) is 0 Å². The zero-order valence-corrected chi connectivity index (χ0v) is 12.9. The Kier molecular flexibility index (Phi) is 4.20. The van der Waals surface area contributed by atoms with Crippen molar-refractivity contribution in [3.05, 3.63) is 47.8 Å². The van der Waals surface area contributed by atoms with Gasteiger partial charge >= 0.3 is 0 Å². The molecule has 116 valence electrons. The van der Waals surface area contributed by atoms with Gasteiger partial charge in [-0.1, -0.05) is 6.07 Å². The minimum atomic E-state index is 0.00999. The van der Waals surface area contributed by atoms with Gasteiger partial charge in [0.1, 0.15) is 5.82 Å². The third kappa shape index (κ3) is 2.87. The quantitative estimate of drug-likeness (QED) is 0.865. The number of hydrogen-bond acceptors (Lipinski definition) is 4. The van der Waals surface area contributed by atoms with Crippen LogP contribution in [-0.2, 0) is 29.3 Å². The van der Waals surface area contributed by atoms with Gasteiger partial charge in [-0.2, -0.15) is 0 Å². The Balaban J connectivity index is 1.65. The van der Waals surface area contributed by atoms with Crippen LogP contribution in [0.1, 0.15) is 37.1 Å². The average molecular weight is 300 g/mol. The monoisotopic (exact) mass is 300 g/mol. The molecule has 1 aliphatic rings. The fourth-order valence-electron chi connectivity index (χ4n) is 2.85. The molecule has 0 spiro atoms. The summed E-state index contributed by atoms with van der Waals surface area (Å²) < 4.78 is 7.89. The molecule has 1 amide bonds. The Morgan fingerprint density at radius 2 is 2.18 bits per heavy atom. The van der Waals surface area contributed by atoms with E-state index in [9.17, 15) is 4.79 Å². The maximum atomic E-state index is 11.6. The minimum absolute atomic E-state index is 0.00999. The van der Waals surface area contributed by atoms with E-state index in [0.717, 1.165) is 23.8 Å². The van der Waals surface area contributed by atoms with E-state index >= 15 is 0 Å². The largest absolute Gasteiger partial charge is 0.369 e. The summed E-state index contributed by atoms with van der Waals surface area (Å²) in [6.45, 7) is 6.07. The minimum Gasteiger partial charge on any atom is -0.369 e. The Bertz CT molecular complexity index is 653. The molecule has 2 aromatic rings. The lowest BCUT2D eigenvalue weighted by molar-refractivity contribution is -0.132. The summed E-state index contributed by atoms with van der Waals surface area (Å²) in [6.07, 6.45) is 3.60. The first kappa shape index (κ1) is 14.7. The number of rotatable bonds is 4. The van der Waals surface area contributed by atoms with Gasteiger partial charge in [0, 0.05) is 26.2 Å². The van der Waals surface area contributed by atoms with E-state index in [4.69, 9.17) is 4.74 Å². The van der Waals surface area contributed by atoms with Gasteiger partial charge in [-0.05, 0) is 19.1 Å². The Morgan fingerprint density at radius 1 is 1.32 bits per heavy atom. The molecule has 0 aliphatic carbocycles. The van der Waals surface area contributed by atoms with Crippen molar-refractivity contribution in [2.24, 2.45) is 0 Å². The van der Waals surface area contributed by atoms with Crippen molar-refractivity contribution >= 4 is 5.91 Å². The van der Waals surface area contributed by atoms with E-state index < -0.39 is 0 Å². The predicted molar refractivity (Wildman–Crippen MR) is 80.8 cm³/mol. The second kappa shape index (κ2) is 6.27. The van der Waals surface area contributed by atoms with Crippen molar-refractivity contribution in [3.63, 3.8) is 0 Å². The van der Waals surface area contributed by atoms with E-state index in [1.165, 1.54) is 0 Å². The van der Waals surface area contributed by atoms with Crippen LogP contribution in [0.2, 0.25) is 0 Å². The van der Waals surface area contributed by atoms with Crippen molar-refractivity contribution in [3.8, 4) is 0 Å². The molecule has 0 bridgehead atoms. The number of nitrogens with zero attached hydrogens (tertiary/aromatic N) is 4. The van der Waals surface area contributed by atoms with Gasteiger partial charge in [-0.15, -0.1) is 0 Å². The van der Waals surface area contributed by atoms with Crippen molar-refractivity contribution in [2.45, 2.75) is 39.6 Å². The Hall–Kier alpha value is -2.21. The number of carbonyl (C=O) groups is 1. The second-order valence-electron chi connectivity index (χ2n) is 5.46. The summed E-state index contributed by atoms with van der Waals surface area (Å²) in [5.41, 5.74) is 1.96. The second-order valence-corrected chi connectivity index (χ2v) is 5.46. The van der Waals surface area contributed by atoms with Crippen LogP contribution >= 0.6 is 0 Å². The third-order valence-electron chi connectivity index (χ3n) is 4.01. The van der Waals surface area contributed by atoms with Crippen LogP contribution in [0.5, 0.6) is 0 Å². The van der Waals surface area contributed by atoms with Gasteiger partial charge in [-0.25, -0.2) is 4.98 Å². The molecule has 0 saturated heterocycles. The normalized spacial score (nSPS) is 17.4. The SMILES string of the molecule is CC(=O)N1CCn2c(COCc3ccccn3)cnc2C1C. The Morgan fingerprint density at radius 3 is 2.91 bits per heavy atom. The van der Waals surface area contributed by atoms with Crippen molar-refractivity contribution in [2.75, 3.05) is 6.54 Å². The summed E-state index contributed by atoms with van der Waals surface area (Å²) in [7, 11) is 0. The summed E-state index contributed by atoms with van der Waals surface area (Å²) >= 11 is 0. The predicted octanol–water partition coefficient (Wildman–Crippen LogP) is 1.92. The van der Waals surface area contributed by atoms with Crippen molar-refractivity contribution in [1.82, 2.24) is 19.4 Å². The molecular formula is C16H20N4O2. The Labute approximate surface area is 129 Å². The number of ether oxygens (including phenoxy) is 1. The number of imidazole rings is 1. The van der Waals surface area contributed by atoms with E-state index in [0.29, 0.717) is 19.8 Å². The lowest BCUT2D eigenvalue weighted by atomic mass is 10.2. The van der Waals surface area contributed by atoms with Crippen LogP contribution in [0.25, 0.3) is 0 Å². The molecule has 0 aromatic carbocycles. The first-order chi connectivity index (χ1) is 10.7. The summed E-state index contributed by atoms with van der Waals surface area (Å²) in [4.78, 5) is 22.2. The molecule has 22 heavy (non-hydrogen) atoms. The van der Waals surface area contributed by atoms with E-state index in [1.807, 2.05) is 36.2 Å². The standard InChI is InChI=1S/C16H20N4O2/c1-12-16-18-9-15(20(16)8-7-19(12)13(2)21)11-22-10-14-5-3-4-6-17-14/h3-6,9,12H,7-8,10-11H2,1-2H3. The molecule has 2 aromatic heterocycles. The van der Waals surface area contributed by atoms with E-state index in [2.05, 4.69) is 14.5 Å². The highest BCUT2D eigenvalue weighted by Gasteiger charge is 2.28. The average Bonchev–Trinajstić information content (AvgIpc) is 2.92. The highest BCUT2D eigenvalue weighted by molar-refractivity contribution is 5.73. The van der Waals surface area contributed by atoms with Crippen molar-refractivity contribution < 1.29 is 9.53 Å². The number of carbonyl (C=O) groups excluding carboxylic acids is 1. The zero-order valence-electron chi connectivity index (χ0n) is 12.9. The van der Waals surface area contributed by atoms with Gasteiger partial charge in [0.05, 0.1) is 36.8 Å². The van der Waals surface area contributed by atoms with Gasteiger partial charge in [0.25, 0.3) is 0 Å². The molecule has 1 atom stereocenters. The first-order valence-corrected chi connectivity index (χ1v) is 7.46. The lowest BCUT2D eigenvalue weighted by Gasteiger charge is -2.33.